The lowest BCUT2D eigenvalue weighted by Gasteiger charge is -2.12. The zero-order chi connectivity index (χ0) is 13.1. The summed E-state index contributed by atoms with van der Waals surface area (Å²) in [6.07, 6.45) is 0. The zero-order valence-electron chi connectivity index (χ0n) is 9.71. The molecule has 0 atom stereocenters. The van der Waals surface area contributed by atoms with Crippen molar-refractivity contribution in [3.05, 3.63) is 57.6 Å². The highest BCUT2D eigenvalue weighted by Crippen LogP contribution is 2.36. The van der Waals surface area contributed by atoms with Gasteiger partial charge in [-0.05, 0) is 30.7 Å². The first-order chi connectivity index (χ1) is 8.61. The van der Waals surface area contributed by atoms with E-state index in [4.69, 9.17) is 39.5 Å². The first-order valence-corrected chi connectivity index (χ1v) is 6.68. The molecule has 0 amide bonds. The van der Waals surface area contributed by atoms with E-state index in [1.165, 1.54) is 0 Å². The van der Waals surface area contributed by atoms with E-state index in [0.717, 1.165) is 11.1 Å². The van der Waals surface area contributed by atoms with E-state index in [-0.39, 0.29) is 0 Å². The molecule has 0 aliphatic carbocycles. The largest absolute Gasteiger partial charge is 0.454 e. The number of hydrogen-bond acceptors (Lipinski definition) is 1. The standard InChI is InChI=1S/C14H11Cl3O/c1-9-5-6-13(12(17)7-9)18-14-10(8-15)3-2-4-11(14)16/h2-7H,8H2,1H3. The van der Waals surface area contributed by atoms with Crippen LogP contribution in [0, 0.1) is 6.92 Å². The molecule has 1 nitrogen and oxygen atoms in total. The second kappa shape index (κ2) is 5.83. The van der Waals surface area contributed by atoms with Gasteiger partial charge in [0.15, 0.2) is 0 Å². The predicted octanol–water partition coefficient (Wildman–Crippen LogP) is 5.83. The molecule has 4 heteroatoms. The van der Waals surface area contributed by atoms with Crippen LogP contribution in [0.1, 0.15) is 11.1 Å². The molecule has 2 aromatic rings. The van der Waals surface area contributed by atoms with Gasteiger partial charge in [-0.2, -0.15) is 0 Å². The van der Waals surface area contributed by atoms with Crippen molar-refractivity contribution < 1.29 is 4.74 Å². The monoisotopic (exact) mass is 300 g/mol. The molecule has 0 spiro atoms. The Balaban J connectivity index is 2.39. The van der Waals surface area contributed by atoms with Gasteiger partial charge in [-0.3, -0.25) is 0 Å². The first kappa shape index (κ1) is 13.5. The summed E-state index contributed by atoms with van der Waals surface area (Å²) in [4.78, 5) is 0. The number of aryl methyl sites for hydroxylation is 1. The van der Waals surface area contributed by atoms with Crippen LogP contribution in [0.5, 0.6) is 11.5 Å². The smallest absolute Gasteiger partial charge is 0.150 e. The molecule has 0 saturated heterocycles. The average Bonchev–Trinajstić information content (AvgIpc) is 2.34. The fourth-order valence-electron chi connectivity index (χ4n) is 1.57. The fraction of sp³-hybridized carbons (Fsp3) is 0.143. The second-order valence-electron chi connectivity index (χ2n) is 3.90. The van der Waals surface area contributed by atoms with Gasteiger partial charge in [-0.25, -0.2) is 0 Å². The van der Waals surface area contributed by atoms with Gasteiger partial charge in [-0.15, -0.1) is 11.6 Å². The van der Waals surface area contributed by atoms with Crippen LogP contribution >= 0.6 is 34.8 Å². The van der Waals surface area contributed by atoms with Crippen molar-refractivity contribution in [1.82, 2.24) is 0 Å². The van der Waals surface area contributed by atoms with E-state index in [9.17, 15) is 0 Å². The Bertz CT molecular complexity index is 567. The van der Waals surface area contributed by atoms with E-state index in [1.807, 2.05) is 37.3 Å². The van der Waals surface area contributed by atoms with Gasteiger partial charge >= 0.3 is 0 Å². The highest BCUT2D eigenvalue weighted by Gasteiger charge is 2.11. The van der Waals surface area contributed by atoms with E-state index in [0.29, 0.717) is 27.4 Å². The zero-order valence-corrected chi connectivity index (χ0v) is 12.0. The van der Waals surface area contributed by atoms with Gasteiger partial charge in [-0.1, -0.05) is 41.4 Å². The molecule has 18 heavy (non-hydrogen) atoms. The molecule has 94 valence electrons. The molecular weight excluding hydrogens is 291 g/mol. The summed E-state index contributed by atoms with van der Waals surface area (Å²) in [5.41, 5.74) is 1.91. The summed E-state index contributed by atoms with van der Waals surface area (Å²) in [7, 11) is 0. The van der Waals surface area contributed by atoms with Crippen LogP contribution in [0.25, 0.3) is 0 Å². The number of benzene rings is 2. The van der Waals surface area contributed by atoms with E-state index < -0.39 is 0 Å². The average molecular weight is 302 g/mol. The molecule has 0 saturated carbocycles. The minimum Gasteiger partial charge on any atom is -0.454 e. The highest BCUT2D eigenvalue weighted by atomic mass is 35.5. The molecule has 2 aromatic carbocycles. The van der Waals surface area contributed by atoms with Gasteiger partial charge in [0.1, 0.15) is 11.5 Å². The molecule has 0 radical (unpaired) electrons. The molecule has 0 aromatic heterocycles. The van der Waals surface area contributed by atoms with E-state index in [2.05, 4.69) is 0 Å². The minimum absolute atomic E-state index is 0.333. The number of para-hydroxylation sites is 1. The van der Waals surface area contributed by atoms with Crippen molar-refractivity contribution in [2.24, 2.45) is 0 Å². The minimum atomic E-state index is 0.333. The van der Waals surface area contributed by atoms with Crippen molar-refractivity contribution in [3.63, 3.8) is 0 Å². The molecule has 0 heterocycles. The van der Waals surface area contributed by atoms with Crippen LogP contribution in [0.2, 0.25) is 10.0 Å². The Kier molecular flexibility index (Phi) is 4.39. The quantitative estimate of drug-likeness (QED) is 0.648. The van der Waals surface area contributed by atoms with Gasteiger partial charge in [0.05, 0.1) is 15.9 Å². The highest BCUT2D eigenvalue weighted by molar-refractivity contribution is 6.33. The Labute approximate surface area is 121 Å². The van der Waals surface area contributed by atoms with Crippen LogP contribution in [0.3, 0.4) is 0 Å². The molecular formula is C14H11Cl3O. The summed E-state index contributed by atoms with van der Waals surface area (Å²) in [6.45, 7) is 1.97. The van der Waals surface area contributed by atoms with E-state index in [1.54, 1.807) is 6.07 Å². The van der Waals surface area contributed by atoms with Gasteiger partial charge in [0.2, 0.25) is 0 Å². The Morgan fingerprint density at radius 2 is 1.83 bits per heavy atom. The molecule has 0 fully saturated rings. The Morgan fingerprint density at radius 3 is 2.50 bits per heavy atom. The summed E-state index contributed by atoms with van der Waals surface area (Å²) < 4.78 is 5.77. The Hall–Kier alpha value is -0.890. The van der Waals surface area contributed by atoms with Crippen molar-refractivity contribution in [2.45, 2.75) is 12.8 Å². The summed E-state index contributed by atoms with van der Waals surface area (Å²) >= 11 is 18.1. The van der Waals surface area contributed by atoms with Gasteiger partial charge in [0, 0.05) is 5.56 Å². The molecule has 0 bridgehead atoms. The lowest BCUT2D eigenvalue weighted by Crippen LogP contribution is -1.91. The molecule has 0 unspecified atom stereocenters. The normalized spacial score (nSPS) is 10.4. The van der Waals surface area contributed by atoms with Crippen molar-refractivity contribution in [1.29, 1.82) is 0 Å². The van der Waals surface area contributed by atoms with E-state index >= 15 is 0 Å². The van der Waals surface area contributed by atoms with Crippen molar-refractivity contribution in [2.75, 3.05) is 0 Å². The summed E-state index contributed by atoms with van der Waals surface area (Å²) in [5, 5.41) is 1.07. The molecule has 0 aliphatic heterocycles. The number of ether oxygens (including phenoxy) is 1. The van der Waals surface area contributed by atoms with Gasteiger partial charge in [0.25, 0.3) is 0 Å². The van der Waals surface area contributed by atoms with Crippen molar-refractivity contribution in [3.8, 4) is 11.5 Å². The third-order valence-corrected chi connectivity index (χ3v) is 3.37. The lowest BCUT2D eigenvalue weighted by molar-refractivity contribution is 0.478. The summed E-state index contributed by atoms with van der Waals surface area (Å²) in [5.74, 6) is 1.46. The van der Waals surface area contributed by atoms with Crippen LogP contribution in [0.4, 0.5) is 0 Å². The maximum atomic E-state index is 6.13. The van der Waals surface area contributed by atoms with Crippen molar-refractivity contribution >= 4 is 34.8 Å². The number of rotatable bonds is 3. The Morgan fingerprint density at radius 1 is 1.06 bits per heavy atom. The third-order valence-electron chi connectivity index (χ3n) is 2.49. The van der Waals surface area contributed by atoms with Crippen LogP contribution < -0.4 is 4.74 Å². The maximum Gasteiger partial charge on any atom is 0.150 e. The number of halogens is 3. The lowest BCUT2D eigenvalue weighted by atomic mass is 10.2. The maximum absolute atomic E-state index is 6.13. The first-order valence-electron chi connectivity index (χ1n) is 5.39. The summed E-state index contributed by atoms with van der Waals surface area (Å²) in [6, 6.07) is 11.1. The van der Waals surface area contributed by atoms with Crippen LogP contribution in [-0.4, -0.2) is 0 Å². The second-order valence-corrected chi connectivity index (χ2v) is 4.98. The molecule has 0 aliphatic rings. The van der Waals surface area contributed by atoms with Gasteiger partial charge < -0.3 is 4.74 Å². The molecule has 0 N–H and O–H groups in total. The van der Waals surface area contributed by atoms with Crippen LogP contribution in [-0.2, 0) is 5.88 Å². The third kappa shape index (κ3) is 2.92. The number of alkyl halides is 1. The van der Waals surface area contributed by atoms with Crippen LogP contribution in [0.15, 0.2) is 36.4 Å². The predicted molar refractivity (Wildman–Crippen MR) is 77.3 cm³/mol. The topological polar surface area (TPSA) is 9.23 Å². The molecule has 2 rings (SSSR count). The fourth-order valence-corrected chi connectivity index (χ4v) is 2.29. The number of hydrogen-bond donors (Lipinski definition) is 0. The SMILES string of the molecule is Cc1ccc(Oc2c(Cl)cccc2CCl)c(Cl)c1.